The zero-order valence-corrected chi connectivity index (χ0v) is 14.5. The summed E-state index contributed by atoms with van der Waals surface area (Å²) in [4.78, 5) is 24.5. The molecule has 24 heavy (non-hydrogen) atoms. The molecule has 9 heteroatoms. The fourth-order valence-electron chi connectivity index (χ4n) is 3.37. The number of nitrogens with zero attached hydrogens (tertiary/aromatic N) is 2. The highest BCUT2D eigenvalue weighted by Gasteiger charge is 2.37. The van der Waals surface area contributed by atoms with Gasteiger partial charge in [-0.25, -0.2) is 13.4 Å². The normalized spacial score (nSPS) is 31.0. The highest BCUT2D eigenvalue weighted by molar-refractivity contribution is 7.91. The average Bonchev–Trinajstić information content (AvgIpc) is 3.17. The van der Waals surface area contributed by atoms with Crippen LogP contribution in [0.5, 0.6) is 0 Å². The molecular weight excluding hydrogens is 334 g/mol. The van der Waals surface area contributed by atoms with Gasteiger partial charge in [-0.3, -0.25) is 9.59 Å². The van der Waals surface area contributed by atoms with Crippen molar-refractivity contribution in [3.05, 3.63) is 0 Å². The lowest BCUT2D eigenvalue weighted by atomic mass is 10.1. The van der Waals surface area contributed by atoms with Crippen molar-refractivity contribution in [2.75, 3.05) is 18.1 Å². The van der Waals surface area contributed by atoms with E-state index in [1.165, 1.54) is 5.01 Å². The topological polar surface area (TPSA) is 105 Å². The second kappa shape index (κ2) is 6.79. The third kappa shape index (κ3) is 3.77. The van der Waals surface area contributed by atoms with Crippen LogP contribution in [0.1, 0.15) is 39.0 Å². The molecule has 2 saturated heterocycles. The minimum atomic E-state index is -3.12. The van der Waals surface area contributed by atoms with E-state index >= 15 is 0 Å². The molecule has 3 aliphatic rings. The Kier molecular flexibility index (Phi) is 4.91. The first-order valence-electron chi connectivity index (χ1n) is 8.38. The van der Waals surface area contributed by atoms with E-state index in [1.807, 2.05) is 6.92 Å². The smallest absolute Gasteiger partial charge is 0.267 e. The highest BCUT2D eigenvalue weighted by atomic mass is 32.2. The van der Waals surface area contributed by atoms with Gasteiger partial charge in [-0.2, -0.15) is 5.10 Å². The van der Waals surface area contributed by atoms with Crippen LogP contribution in [0.2, 0.25) is 0 Å². The molecule has 0 radical (unpaired) electrons. The summed E-state index contributed by atoms with van der Waals surface area (Å²) < 4.78 is 28.8. The van der Waals surface area contributed by atoms with Crippen molar-refractivity contribution >= 4 is 27.4 Å². The number of sulfone groups is 1. The third-order valence-corrected chi connectivity index (χ3v) is 6.51. The molecule has 0 spiro atoms. The van der Waals surface area contributed by atoms with E-state index < -0.39 is 15.9 Å². The van der Waals surface area contributed by atoms with Crippen LogP contribution in [0, 0.1) is 0 Å². The van der Waals surface area contributed by atoms with Crippen molar-refractivity contribution in [1.29, 1.82) is 0 Å². The molecule has 3 rings (SSSR count). The monoisotopic (exact) mass is 357 g/mol. The second-order valence-corrected chi connectivity index (χ2v) is 8.88. The highest BCUT2D eigenvalue weighted by Crippen LogP contribution is 2.22. The van der Waals surface area contributed by atoms with E-state index in [1.54, 1.807) is 0 Å². The number of carbonyl (C=O) groups excluding carboxylic acids is 2. The largest absolute Gasteiger partial charge is 0.376 e. The molecule has 3 heterocycles. The number of carbonyl (C=O) groups is 2. The quantitative estimate of drug-likeness (QED) is 0.752. The number of hydrogen-bond donors (Lipinski definition) is 1. The van der Waals surface area contributed by atoms with Crippen LogP contribution in [0.15, 0.2) is 5.10 Å². The maximum Gasteiger partial charge on any atom is 0.267 e. The molecule has 2 fully saturated rings. The Morgan fingerprint density at radius 2 is 2.17 bits per heavy atom. The Labute approximate surface area is 141 Å². The lowest BCUT2D eigenvalue weighted by Crippen LogP contribution is -2.47. The van der Waals surface area contributed by atoms with Gasteiger partial charge < -0.3 is 10.1 Å². The fourth-order valence-corrected chi connectivity index (χ4v) is 5.06. The lowest BCUT2D eigenvalue weighted by molar-refractivity contribution is -0.133. The molecular formula is C15H23N3O5S. The van der Waals surface area contributed by atoms with Crippen LogP contribution in [0.3, 0.4) is 0 Å². The van der Waals surface area contributed by atoms with Gasteiger partial charge in [-0.1, -0.05) is 0 Å². The summed E-state index contributed by atoms with van der Waals surface area (Å²) in [6.45, 7) is 2.61. The molecule has 3 atom stereocenters. The van der Waals surface area contributed by atoms with Crippen LogP contribution in [0.25, 0.3) is 0 Å². The first kappa shape index (κ1) is 17.3. The molecule has 0 aromatic heterocycles. The maximum absolute atomic E-state index is 12.4. The van der Waals surface area contributed by atoms with Gasteiger partial charge >= 0.3 is 0 Å². The predicted molar refractivity (Wildman–Crippen MR) is 87.2 cm³/mol. The van der Waals surface area contributed by atoms with E-state index in [0.29, 0.717) is 13.0 Å². The summed E-state index contributed by atoms with van der Waals surface area (Å²) in [5.74, 6) is -0.546. The fraction of sp³-hybridized carbons (Fsp3) is 0.800. The van der Waals surface area contributed by atoms with Crippen molar-refractivity contribution in [2.45, 2.75) is 57.2 Å². The minimum absolute atomic E-state index is 0.0100. The van der Waals surface area contributed by atoms with E-state index in [2.05, 4.69) is 10.4 Å². The van der Waals surface area contributed by atoms with Gasteiger partial charge in [0.15, 0.2) is 9.84 Å². The standard InChI is InChI=1S/C15H23N3O5S/c1-10(13-3-2-7-23-13)16-15(20)12-4-5-14(19)18(17-12)11-6-8-24(21,22)9-11/h10-11,13H,2-9H2,1H3,(H,16,20)/t10-,11-,13-/m0/s1. The van der Waals surface area contributed by atoms with Crippen molar-refractivity contribution in [2.24, 2.45) is 5.10 Å². The van der Waals surface area contributed by atoms with Crippen molar-refractivity contribution in [1.82, 2.24) is 10.3 Å². The third-order valence-electron chi connectivity index (χ3n) is 4.76. The predicted octanol–water partition coefficient (Wildman–Crippen LogP) is -0.164. The van der Waals surface area contributed by atoms with Gasteiger partial charge in [0, 0.05) is 19.4 Å². The van der Waals surface area contributed by atoms with E-state index in [-0.39, 0.29) is 54.0 Å². The molecule has 0 bridgehead atoms. The molecule has 0 aliphatic carbocycles. The van der Waals surface area contributed by atoms with E-state index in [0.717, 1.165) is 12.8 Å². The van der Waals surface area contributed by atoms with Crippen molar-refractivity contribution in [3.63, 3.8) is 0 Å². The zero-order chi connectivity index (χ0) is 17.3. The van der Waals surface area contributed by atoms with Crippen molar-refractivity contribution in [3.8, 4) is 0 Å². The van der Waals surface area contributed by atoms with Gasteiger partial charge in [0.25, 0.3) is 5.91 Å². The zero-order valence-electron chi connectivity index (χ0n) is 13.7. The van der Waals surface area contributed by atoms with Gasteiger partial charge in [-0.05, 0) is 26.2 Å². The van der Waals surface area contributed by atoms with E-state index in [9.17, 15) is 18.0 Å². The van der Waals surface area contributed by atoms with Crippen LogP contribution in [-0.2, 0) is 24.2 Å². The first-order chi connectivity index (χ1) is 11.4. The summed E-state index contributed by atoms with van der Waals surface area (Å²) in [5, 5.41) is 8.26. The minimum Gasteiger partial charge on any atom is -0.376 e. The summed E-state index contributed by atoms with van der Waals surface area (Å²) in [5.41, 5.74) is 0.281. The lowest BCUT2D eigenvalue weighted by Gasteiger charge is -2.28. The molecule has 0 unspecified atom stereocenters. The SMILES string of the molecule is C[C@H](NC(=O)C1=NN([C@H]2CCS(=O)(=O)C2)C(=O)CC1)[C@@H]1CCCO1. The van der Waals surface area contributed by atoms with Crippen LogP contribution in [-0.4, -0.2) is 67.3 Å². The molecule has 2 amide bonds. The molecule has 1 N–H and O–H groups in total. The summed E-state index contributed by atoms with van der Waals surface area (Å²) in [6, 6.07) is -0.582. The number of nitrogens with one attached hydrogen (secondary N) is 1. The Bertz CT molecular complexity index is 654. The van der Waals surface area contributed by atoms with Gasteiger partial charge in [0.05, 0.1) is 29.7 Å². The maximum atomic E-state index is 12.4. The summed E-state index contributed by atoms with van der Waals surface area (Å²) in [7, 11) is -3.12. The van der Waals surface area contributed by atoms with Crippen LogP contribution < -0.4 is 5.32 Å². The molecule has 0 aromatic carbocycles. The number of hydrogen-bond acceptors (Lipinski definition) is 6. The van der Waals surface area contributed by atoms with Crippen LogP contribution in [0.4, 0.5) is 0 Å². The van der Waals surface area contributed by atoms with Gasteiger partial charge in [0.1, 0.15) is 5.71 Å². The number of amides is 2. The van der Waals surface area contributed by atoms with Crippen molar-refractivity contribution < 1.29 is 22.7 Å². The molecule has 0 aromatic rings. The summed E-state index contributed by atoms with van der Waals surface area (Å²) >= 11 is 0. The van der Waals surface area contributed by atoms with Crippen LogP contribution >= 0.6 is 0 Å². The number of ether oxygens (including phenoxy) is 1. The second-order valence-electron chi connectivity index (χ2n) is 6.66. The number of rotatable bonds is 4. The molecule has 3 aliphatic heterocycles. The summed E-state index contributed by atoms with van der Waals surface area (Å²) in [6.07, 6.45) is 2.74. The Hall–Kier alpha value is -1.48. The molecule has 0 saturated carbocycles. The Balaban J connectivity index is 1.67. The number of hydrazone groups is 1. The van der Waals surface area contributed by atoms with E-state index in [4.69, 9.17) is 4.74 Å². The molecule has 8 nitrogen and oxygen atoms in total. The Morgan fingerprint density at radius 1 is 1.38 bits per heavy atom. The Morgan fingerprint density at radius 3 is 2.79 bits per heavy atom. The average molecular weight is 357 g/mol. The van der Waals surface area contributed by atoms with Gasteiger partial charge in [0.2, 0.25) is 5.91 Å². The molecule has 134 valence electrons. The first-order valence-corrected chi connectivity index (χ1v) is 10.2. The van der Waals surface area contributed by atoms with Gasteiger partial charge in [-0.15, -0.1) is 0 Å².